The maximum absolute atomic E-state index is 14.0. The molecule has 4 heterocycles. The van der Waals surface area contributed by atoms with Crippen LogP contribution >= 0.6 is 0 Å². The Bertz CT molecular complexity index is 1490. The first kappa shape index (κ1) is 20.7. The summed E-state index contributed by atoms with van der Waals surface area (Å²) in [5, 5.41) is 25.9. The third-order valence-electron chi connectivity index (χ3n) is 8.46. The lowest BCUT2D eigenvalue weighted by Gasteiger charge is -2.67. The van der Waals surface area contributed by atoms with Gasteiger partial charge in [-0.15, -0.1) is 5.10 Å². The SMILES string of the molecule is COCc1ccc2c(N[C@@H]3[C@@H](C(=O)O)[C@H]4CCC35CC4C5)nc(-c3[nH]nc4ncc(F)cc34)nn12. The predicted octanol–water partition coefficient (Wildman–Crippen LogP) is 3.25. The average molecular weight is 478 g/mol. The molecule has 3 atom stereocenters. The van der Waals surface area contributed by atoms with Gasteiger partial charge in [-0.2, -0.15) is 5.10 Å². The third kappa shape index (κ3) is 2.87. The summed E-state index contributed by atoms with van der Waals surface area (Å²) >= 11 is 0. The summed E-state index contributed by atoms with van der Waals surface area (Å²) in [5.74, 6) is -0.117. The van der Waals surface area contributed by atoms with Gasteiger partial charge in [-0.1, -0.05) is 0 Å². The maximum Gasteiger partial charge on any atom is 0.308 e. The van der Waals surface area contributed by atoms with Crippen LogP contribution in [0.2, 0.25) is 0 Å². The van der Waals surface area contributed by atoms with Gasteiger partial charge in [0.2, 0.25) is 5.82 Å². The number of methoxy groups -OCH3 is 1. The van der Waals surface area contributed by atoms with Crippen molar-refractivity contribution in [2.24, 2.45) is 23.2 Å². The maximum atomic E-state index is 14.0. The van der Waals surface area contributed by atoms with Gasteiger partial charge in [-0.25, -0.2) is 18.9 Å². The molecule has 0 amide bonds. The van der Waals surface area contributed by atoms with E-state index in [1.165, 1.54) is 6.07 Å². The van der Waals surface area contributed by atoms with E-state index in [4.69, 9.17) is 14.8 Å². The zero-order chi connectivity index (χ0) is 23.9. The molecule has 0 saturated heterocycles. The summed E-state index contributed by atoms with van der Waals surface area (Å²) in [5.41, 5.74) is 2.33. The van der Waals surface area contributed by atoms with Crippen LogP contribution in [0.4, 0.5) is 10.2 Å². The Morgan fingerprint density at radius 1 is 1.40 bits per heavy atom. The monoisotopic (exact) mass is 477 g/mol. The summed E-state index contributed by atoms with van der Waals surface area (Å²) in [4.78, 5) is 21.2. The van der Waals surface area contributed by atoms with Crippen molar-refractivity contribution < 1.29 is 19.0 Å². The number of halogens is 1. The zero-order valence-electron chi connectivity index (χ0n) is 19.0. The molecule has 1 spiro atoms. The number of H-pyrrole nitrogens is 1. The molecule has 0 aromatic carbocycles. The molecule has 0 radical (unpaired) electrons. The van der Waals surface area contributed by atoms with Gasteiger partial charge >= 0.3 is 5.97 Å². The molecule has 4 aromatic rings. The fraction of sp³-hybridized carbons (Fsp3) is 0.458. The number of anilines is 1. The number of aromatic amines is 1. The van der Waals surface area contributed by atoms with E-state index < -0.39 is 17.7 Å². The summed E-state index contributed by atoms with van der Waals surface area (Å²) in [6.07, 6.45) is 5.27. The molecule has 4 aromatic heterocycles. The minimum Gasteiger partial charge on any atom is -0.481 e. The van der Waals surface area contributed by atoms with Crippen LogP contribution in [0, 0.1) is 29.0 Å². The van der Waals surface area contributed by atoms with Gasteiger partial charge in [0.05, 0.1) is 29.8 Å². The molecule has 3 N–H and O–H groups in total. The number of carboxylic acid groups (broad SMARTS) is 1. The average Bonchev–Trinajstić information content (AvgIpc) is 3.43. The topological polar surface area (TPSA) is 130 Å². The first-order valence-corrected chi connectivity index (χ1v) is 11.8. The molecule has 10 rings (SSSR count). The van der Waals surface area contributed by atoms with Gasteiger partial charge in [0.15, 0.2) is 11.5 Å². The summed E-state index contributed by atoms with van der Waals surface area (Å²) in [6, 6.07) is 4.95. The molecule has 6 aliphatic carbocycles. The van der Waals surface area contributed by atoms with Crippen LogP contribution in [0.3, 0.4) is 0 Å². The number of nitrogens with one attached hydrogen (secondary N) is 2. The lowest BCUT2D eigenvalue weighted by Crippen LogP contribution is -2.68. The predicted molar refractivity (Wildman–Crippen MR) is 123 cm³/mol. The van der Waals surface area contributed by atoms with Crippen LogP contribution in [0.1, 0.15) is 31.4 Å². The van der Waals surface area contributed by atoms with Crippen LogP contribution in [0.5, 0.6) is 0 Å². The minimum atomic E-state index is -0.747. The highest BCUT2D eigenvalue weighted by molar-refractivity contribution is 5.89. The number of pyridine rings is 1. The summed E-state index contributed by atoms with van der Waals surface area (Å²) in [6.45, 7) is 0.332. The number of carboxylic acids is 1. The summed E-state index contributed by atoms with van der Waals surface area (Å²) in [7, 11) is 1.61. The minimum absolute atomic E-state index is 0.0136. The van der Waals surface area contributed by atoms with E-state index in [-0.39, 0.29) is 17.4 Å². The number of carbonyl (C=O) groups is 1. The zero-order valence-corrected chi connectivity index (χ0v) is 19.0. The van der Waals surface area contributed by atoms with E-state index >= 15 is 0 Å². The molecule has 3 bridgehead atoms. The normalized spacial score (nSPS) is 29.0. The second-order valence-corrected chi connectivity index (χ2v) is 10.2. The number of aromatic nitrogens is 6. The van der Waals surface area contributed by atoms with Crippen LogP contribution in [-0.2, 0) is 16.1 Å². The number of nitrogens with zero attached hydrogens (tertiary/aromatic N) is 5. The molecule has 6 aliphatic rings. The number of hydrogen-bond donors (Lipinski definition) is 3. The van der Waals surface area contributed by atoms with E-state index in [2.05, 4.69) is 20.5 Å². The first-order chi connectivity index (χ1) is 17.0. The van der Waals surface area contributed by atoms with Crippen molar-refractivity contribution in [2.45, 2.75) is 38.3 Å². The van der Waals surface area contributed by atoms with Crippen LogP contribution in [0.15, 0.2) is 24.4 Å². The van der Waals surface area contributed by atoms with E-state index in [0.29, 0.717) is 40.9 Å². The van der Waals surface area contributed by atoms with Gasteiger partial charge in [-0.05, 0) is 61.1 Å². The van der Waals surface area contributed by atoms with Crippen molar-refractivity contribution in [1.82, 2.24) is 29.8 Å². The van der Waals surface area contributed by atoms with E-state index in [9.17, 15) is 14.3 Å². The molecule has 6 fully saturated rings. The van der Waals surface area contributed by atoms with Gasteiger partial charge in [-0.3, -0.25) is 9.89 Å². The van der Waals surface area contributed by atoms with Gasteiger partial charge in [0, 0.05) is 13.2 Å². The highest BCUT2D eigenvalue weighted by atomic mass is 19.1. The second-order valence-electron chi connectivity index (χ2n) is 10.2. The Labute approximate surface area is 198 Å². The Kier molecular flexibility index (Phi) is 4.27. The van der Waals surface area contributed by atoms with Crippen molar-refractivity contribution in [3.05, 3.63) is 35.9 Å². The number of rotatable bonds is 6. The number of hydrogen-bond acceptors (Lipinski definition) is 7. The number of ether oxygens (including phenoxy) is 1. The fourth-order valence-electron chi connectivity index (χ4n) is 6.97. The molecule has 11 heteroatoms. The van der Waals surface area contributed by atoms with Gasteiger partial charge in [0.25, 0.3) is 0 Å². The molecule has 6 saturated carbocycles. The highest BCUT2D eigenvalue weighted by Gasteiger charge is 2.66. The van der Waals surface area contributed by atoms with Crippen molar-refractivity contribution in [3.63, 3.8) is 0 Å². The van der Waals surface area contributed by atoms with Gasteiger partial charge in [0.1, 0.15) is 17.0 Å². The summed E-state index contributed by atoms with van der Waals surface area (Å²) < 4.78 is 21.1. The number of fused-ring (bicyclic) bond motifs is 2. The Hall–Kier alpha value is -3.60. The quantitative estimate of drug-likeness (QED) is 0.386. The molecule has 0 aliphatic heterocycles. The van der Waals surface area contributed by atoms with Crippen molar-refractivity contribution in [1.29, 1.82) is 0 Å². The van der Waals surface area contributed by atoms with Gasteiger partial charge < -0.3 is 15.2 Å². The molecule has 0 unspecified atom stereocenters. The number of aliphatic carboxylic acids is 1. The fourth-order valence-corrected chi connectivity index (χ4v) is 6.97. The van der Waals surface area contributed by atoms with Crippen LogP contribution in [0.25, 0.3) is 28.1 Å². The van der Waals surface area contributed by atoms with Crippen molar-refractivity contribution >= 4 is 28.3 Å². The Morgan fingerprint density at radius 2 is 2.26 bits per heavy atom. The standard InChI is InChI=1S/C24H24FN7O3/c1-35-10-13-2-3-16-21(27-19-17(23(33)34)14-4-5-24(19)7-11(14)8-24)28-22(31-32(13)16)18-15-6-12(25)9-26-20(15)30-29-18/h2-3,6,9,11,14,17,19H,4-5,7-8,10H2,1H3,(H,33,34)(H,26,29,30)(H,27,28,31)/t11?,14-,17-,19+,24?/m0/s1. The van der Waals surface area contributed by atoms with E-state index in [0.717, 1.165) is 43.1 Å². The lowest BCUT2D eigenvalue weighted by atomic mass is 9.38. The van der Waals surface area contributed by atoms with Crippen LogP contribution < -0.4 is 5.32 Å². The Balaban J connectivity index is 1.38. The van der Waals surface area contributed by atoms with E-state index in [1.807, 2.05) is 12.1 Å². The smallest absolute Gasteiger partial charge is 0.308 e. The molecular formula is C24H24FN7O3. The van der Waals surface area contributed by atoms with Crippen LogP contribution in [-0.4, -0.2) is 54.0 Å². The molecule has 180 valence electrons. The molecular weight excluding hydrogens is 453 g/mol. The third-order valence-corrected chi connectivity index (χ3v) is 8.46. The lowest BCUT2D eigenvalue weighted by molar-refractivity contribution is -0.182. The first-order valence-electron chi connectivity index (χ1n) is 11.8. The van der Waals surface area contributed by atoms with Crippen molar-refractivity contribution in [2.75, 3.05) is 12.4 Å². The molecule has 35 heavy (non-hydrogen) atoms. The highest BCUT2D eigenvalue weighted by Crippen LogP contribution is 2.68. The van der Waals surface area contributed by atoms with E-state index in [1.54, 1.807) is 11.6 Å². The second kappa shape index (κ2) is 7.20. The van der Waals surface area contributed by atoms with Crippen molar-refractivity contribution in [3.8, 4) is 11.5 Å². The largest absolute Gasteiger partial charge is 0.481 e. The molecule has 10 nitrogen and oxygen atoms in total. The Morgan fingerprint density at radius 3 is 3.00 bits per heavy atom.